The molecule has 1 saturated heterocycles. The lowest BCUT2D eigenvalue weighted by atomic mass is 10.1. The average molecular weight is 448 g/mol. The number of benzene rings is 1. The monoisotopic (exact) mass is 447 g/mol. The molecular weight excluding hydrogens is 421 g/mol. The van der Waals surface area contributed by atoms with Crippen molar-refractivity contribution in [1.29, 1.82) is 0 Å². The predicted octanol–water partition coefficient (Wildman–Crippen LogP) is 3.88. The maximum Gasteiger partial charge on any atom is 0.191 e. The van der Waals surface area contributed by atoms with Crippen molar-refractivity contribution >= 4 is 27.7 Å². The first-order chi connectivity index (χ1) is 13.7. The molecule has 0 aliphatic carbocycles. The fourth-order valence-electron chi connectivity index (χ4n) is 3.31. The van der Waals surface area contributed by atoms with Crippen LogP contribution in [0.5, 0.6) is 0 Å². The van der Waals surface area contributed by atoms with Gasteiger partial charge in [-0.2, -0.15) is 0 Å². The van der Waals surface area contributed by atoms with Gasteiger partial charge in [0.15, 0.2) is 5.96 Å². The summed E-state index contributed by atoms with van der Waals surface area (Å²) in [5.74, 6) is 1.63. The first kappa shape index (κ1) is 20.6. The van der Waals surface area contributed by atoms with Crippen LogP contribution in [0.2, 0.25) is 0 Å². The molecule has 1 aliphatic heterocycles. The molecule has 0 atom stereocenters. The molecule has 0 spiro atoms. The van der Waals surface area contributed by atoms with Crippen LogP contribution in [0.25, 0.3) is 0 Å². The maximum absolute atomic E-state index is 13.9. The fraction of sp³-hybridized carbons (Fsp3) is 0.429. The molecule has 1 aliphatic rings. The Bertz CT molecular complexity index is 805. The summed E-state index contributed by atoms with van der Waals surface area (Å²) in [4.78, 5) is 11.1. The van der Waals surface area contributed by atoms with Gasteiger partial charge in [-0.1, -0.05) is 22.0 Å². The van der Waals surface area contributed by atoms with Crippen LogP contribution in [-0.2, 0) is 13.0 Å². The van der Waals surface area contributed by atoms with Gasteiger partial charge >= 0.3 is 0 Å². The predicted molar refractivity (Wildman–Crippen MR) is 116 cm³/mol. The Morgan fingerprint density at radius 2 is 2.04 bits per heavy atom. The van der Waals surface area contributed by atoms with Gasteiger partial charge in [0.2, 0.25) is 0 Å². The van der Waals surface area contributed by atoms with Gasteiger partial charge in [0.05, 0.1) is 0 Å². The van der Waals surface area contributed by atoms with Gasteiger partial charge in [-0.15, -0.1) is 0 Å². The molecule has 2 heterocycles. The van der Waals surface area contributed by atoms with Gasteiger partial charge in [-0.3, -0.25) is 4.99 Å². The third-order valence-electron chi connectivity index (χ3n) is 4.85. The van der Waals surface area contributed by atoms with E-state index in [2.05, 4.69) is 47.5 Å². The van der Waals surface area contributed by atoms with Crippen molar-refractivity contribution in [2.75, 3.05) is 31.6 Å². The van der Waals surface area contributed by atoms with Gasteiger partial charge in [0.25, 0.3) is 0 Å². The number of aryl methyl sites for hydroxylation is 1. The molecule has 0 bridgehead atoms. The Morgan fingerprint density at radius 3 is 2.79 bits per heavy atom. The van der Waals surface area contributed by atoms with E-state index in [1.807, 2.05) is 24.4 Å². The number of nitrogens with zero attached hydrogens (tertiary/aromatic N) is 3. The third kappa shape index (κ3) is 5.92. The molecule has 0 amide bonds. The van der Waals surface area contributed by atoms with Gasteiger partial charge in [-0.05, 0) is 61.1 Å². The minimum absolute atomic E-state index is 0.164. The number of guanidine groups is 1. The summed E-state index contributed by atoms with van der Waals surface area (Å²) in [6, 6.07) is 9.37. The van der Waals surface area contributed by atoms with Crippen molar-refractivity contribution in [1.82, 2.24) is 15.6 Å². The second-order valence-electron chi connectivity index (χ2n) is 6.91. The van der Waals surface area contributed by atoms with Crippen LogP contribution in [-0.4, -0.2) is 37.6 Å². The number of aliphatic imine (C=N–C) groups is 1. The molecule has 0 saturated carbocycles. The van der Waals surface area contributed by atoms with Gasteiger partial charge in [0.1, 0.15) is 11.6 Å². The van der Waals surface area contributed by atoms with E-state index < -0.39 is 0 Å². The van der Waals surface area contributed by atoms with Crippen LogP contribution >= 0.6 is 15.9 Å². The first-order valence-corrected chi connectivity index (χ1v) is 10.5. The SMILES string of the molecule is CN=C(NCCCc1ccc(Br)cc1F)NCc1ccnc(N2CCCC2)c1. The zero-order chi connectivity index (χ0) is 19.8. The number of hydrogen-bond donors (Lipinski definition) is 2. The van der Waals surface area contributed by atoms with Crippen molar-refractivity contribution in [3.05, 3.63) is 57.9 Å². The molecule has 0 radical (unpaired) electrons. The second-order valence-corrected chi connectivity index (χ2v) is 7.82. The van der Waals surface area contributed by atoms with Crippen LogP contribution in [0, 0.1) is 5.82 Å². The maximum atomic E-state index is 13.9. The zero-order valence-corrected chi connectivity index (χ0v) is 17.8. The van der Waals surface area contributed by atoms with E-state index in [0.29, 0.717) is 13.0 Å². The summed E-state index contributed by atoms with van der Waals surface area (Å²) < 4.78 is 14.6. The van der Waals surface area contributed by atoms with E-state index in [1.165, 1.54) is 24.5 Å². The molecule has 1 fully saturated rings. The highest BCUT2D eigenvalue weighted by molar-refractivity contribution is 9.10. The summed E-state index contributed by atoms with van der Waals surface area (Å²) in [7, 11) is 1.76. The van der Waals surface area contributed by atoms with Crippen LogP contribution in [0.3, 0.4) is 0 Å². The Kier molecular flexibility index (Phi) is 7.65. The van der Waals surface area contributed by atoms with Crippen molar-refractivity contribution < 1.29 is 4.39 Å². The molecule has 3 rings (SSSR count). The quantitative estimate of drug-likeness (QED) is 0.384. The summed E-state index contributed by atoms with van der Waals surface area (Å²) in [5, 5.41) is 6.62. The minimum Gasteiger partial charge on any atom is -0.357 e. The van der Waals surface area contributed by atoms with Crippen LogP contribution in [0.1, 0.15) is 30.4 Å². The van der Waals surface area contributed by atoms with E-state index in [4.69, 9.17) is 0 Å². The highest BCUT2D eigenvalue weighted by Crippen LogP contribution is 2.18. The summed E-state index contributed by atoms with van der Waals surface area (Å²) in [5.41, 5.74) is 1.91. The molecular formula is C21H27BrFN5. The lowest BCUT2D eigenvalue weighted by Crippen LogP contribution is -2.37. The topological polar surface area (TPSA) is 52.6 Å². The molecule has 150 valence electrons. The Morgan fingerprint density at radius 1 is 1.21 bits per heavy atom. The second kappa shape index (κ2) is 10.4. The molecule has 2 N–H and O–H groups in total. The van der Waals surface area contributed by atoms with Gasteiger partial charge in [0, 0.05) is 43.9 Å². The lowest BCUT2D eigenvalue weighted by molar-refractivity contribution is 0.602. The molecule has 5 nitrogen and oxygen atoms in total. The lowest BCUT2D eigenvalue weighted by Gasteiger charge is -2.17. The molecule has 7 heteroatoms. The van der Waals surface area contributed by atoms with Gasteiger partial charge < -0.3 is 15.5 Å². The number of nitrogens with one attached hydrogen (secondary N) is 2. The number of rotatable bonds is 7. The Hall–Kier alpha value is -2.15. The summed E-state index contributed by atoms with van der Waals surface area (Å²) in [6.07, 6.45) is 5.86. The van der Waals surface area contributed by atoms with E-state index in [-0.39, 0.29) is 5.82 Å². The highest BCUT2D eigenvalue weighted by Gasteiger charge is 2.13. The largest absolute Gasteiger partial charge is 0.357 e. The average Bonchev–Trinajstić information content (AvgIpc) is 3.24. The fourth-order valence-corrected chi connectivity index (χ4v) is 3.64. The number of anilines is 1. The number of aromatic nitrogens is 1. The first-order valence-electron chi connectivity index (χ1n) is 9.74. The molecule has 1 aromatic carbocycles. The Balaban J connectivity index is 1.43. The molecule has 1 aromatic heterocycles. The van der Waals surface area contributed by atoms with Crippen molar-refractivity contribution in [3.63, 3.8) is 0 Å². The highest BCUT2D eigenvalue weighted by atomic mass is 79.9. The third-order valence-corrected chi connectivity index (χ3v) is 5.35. The smallest absolute Gasteiger partial charge is 0.191 e. The Labute approximate surface area is 174 Å². The van der Waals surface area contributed by atoms with Crippen LogP contribution < -0.4 is 15.5 Å². The van der Waals surface area contributed by atoms with Gasteiger partial charge in [-0.25, -0.2) is 9.37 Å². The summed E-state index contributed by atoms with van der Waals surface area (Å²) >= 11 is 3.28. The van der Waals surface area contributed by atoms with Crippen LogP contribution in [0.15, 0.2) is 46.0 Å². The van der Waals surface area contributed by atoms with Crippen LogP contribution in [0.4, 0.5) is 10.2 Å². The zero-order valence-electron chi connectivity index (χ0n) is 16.2. The molecule has 0 unspecified atom stereocenters. The molecule has 2 aromatic rings. The number of pyridine rings is 1. The summed E-state index contributed by atoms with van der Waals surface area (Å²) in [6.45, 7) is 3.59. The normalized spacial score (nSPS) is 14.4. The minimum atomic E-state index is -0.164. The number of halogens is 2. The van der Waals surface area contributed by atoms with E-state index in [9.17, 15) is 4.39 Å². The number of hydrogen-bond acceptors (Lipinski definition) is 3. The standard InChI is InChI=1S/C21H27BrFN5/c1-24-21(26-9-4-5-17-6-7-18(22)14-19(17)23)27-15-16-8-10-25-20(13-16)28-11-2-3-12-28/h6-8,10,13-14H,2-5,9,11-12,15H2,1H3,(H2,24,26,27). The van der Waals surface area contributed by atoms with E-state index in [0.717, 1.165) is 47.9 Å². The van der Waals surface area contributed by atoms with Crippen molar-refractivity contribution in [2.24, 2.45) is 4.99 Å². The van der Waals surface area contributed by atoms with E-state index in [1.54, 1.807) is 7.05 Å². The molecule has 28 heavy (non-hydrogen) atoms. The van der Waals surface area contributed by atoms with Crippen molar-refractivity contribution in [3.8, 4) is 0 Å². The van der Waals surface area contributed by atoms with Crippen molar-refractivity contribution in [2.45, 2.75) is 32.2 Å². The van der Waals surface area contributed by atoms with E-state index >= 15 is 0 Å².